The third kappa shape index (κ3) is 4.96. The Kier molecular flexibility index (Phi) is 6.58. The van der Waals surface area contributed by atoms with Crippen LogP contribution in [0.15, 0.2) is 23.1 Å². The molecule has 0 bridgehead atoms. The number of carbonyl (C=O) groups excluding carboxylic acids is 2. The number of hydrogen-bond acceptors (Lipinski definition) is 7. The summed E-state index contributed by atoms with van der Waals surface area (Å²) >= 11 is 6.08. The zero-order valence-electron chi connectivity index (χ0n) is 13.8. The summed E-state index contributed by atoms with van der Waals surface area (Å²) in [6, 6.07) is 4.91. The van der Waals surface area contributed by atoms with Crippen LogP contribution < -0.4 is 15.2 Å². The molecule has 0 saturated carbocycles. The molecule has 1 aliphatic heterocycles. The molecule has 10 heteroatoms. The van der Waals surface area contributed by atoms with Crippen molar-refractivity contribution in [3.8, 4) is 11.5 Å². The number of ether oxygens (including phenoxy) is 2. The van der Waals surface area contributed by atoms with Crippen LogP contribution >= 0.6 is 24.0 Å². The number of aliphatic carboxylic acids is 1. The van der Waals surface area contributed by atoms with Crippen molar-refractivity contribution < 1.29 is 29.0 Å². The molecule has 8 nitrogen and oxygen atoms in total. The van der Waals surface area contributed by atoms with Crippen LogP contribution in [0.2, 0.25) is 0 Å². The number of carboxylic acids is 1. The number of carbonyl (C=O) groups is 3. The number of nitrogens with zero attached hydrogens (tertiary/aromatic N) is 1. The van der Waals surface area contributed by atoms with Gasteiger partial charge < -0.3 is 20.3 Å². The van der Waals surface area contributed by atoms with Gasteiger partial charge in [0.05, 0.1) is 11.5 Å². The van der Waals surface area contributed by atoms with Gasteiger partial charge in [0.15, 0.2) is 18.1 Å². The summed E-state index contributed by atoms with van der Waals surface area (Å²) in [6.45, 7) is 1.40. The number of benzene rings is 1. The fourth-order valence-corrected chi connectivity index (χ4v) is 3.33. The van der Waals surface area contributed by atoms with Crippen LogP contribution in [-0.2, 0) is 14.4 Å². The molecule has 1 heterocycles. The van der Waals surface area contributed by atoms with Crippen molar-refractivity contribution in [3.63, 3.8) is 0 Å². The second kappa shape index (κ2) is 8.68. The van der Waals surface area contributed by atoms with Gasteiger partial charge in [-0.3, -0.25) is 19.3 Å². The van der Waals surface area contributed by atoms with Crippen molar-refractivity contribution in [1.82, 2.24) is 4.90 Å². The van der Waals surface area contributed by atoms with Crippen LogP contribution in [0.25, 0.3) is 6.08 Å². The highest BCUT2D eigenvalue weighted by molar-refractivity contribution is 8.26. The first kappa shape index (κ1) is 19.7. The van der Waals surface area contributed by atoms with Crippen LogP contribution in [0.5, 0.6) is 11.5 Å². The maximum Gasteiger partial charge on any atom is 0.323 e. The van der Waals surface area contributed by atoms with Crippen LogP contribution in [0.3, 0.4) is 0 Å². The molecule has 138 valence electrons. The zero-order valence-corrected chi connectivity index (χ0v) is 15.4. The van der Waals surface area contributed by atoms with Crippen molar-refractivity contribution in [3.05, 3.63) is 28.7 Å². The van der Waals surface area contributed by atoms with Crippen molar-refractivity contribution in [2.75, 3.05) is 19.8 Å². The molecule has 0 spiro atoms. The minimum Gasteiger partial charge on any atom is -0.490 e. The second-order valence-corrected chi connectivity index (χ2v) is 6.73. The predicted octanol–water partition coefficient (Wildman–Crippen LogP) is 1.24. The third-order valence-corrected chi connectivity index (χ3v) is 4.48. The van der Waals surface area contributed by atoms with Crippen molar-refractivity contribution in [1.29, 1.82) is 0 Å². The standard InChI is InChI=1S/C16H16N2O6S2/c1-2-23-11-5-9(3-4-10(11)24-8-13(17)19)6-12-15(22)18(7-14(20)21)16(25)26-12/h3-6H,2,7-8H2,1H3,(H2,17,19)(H,20,21)/b12-6+. The van der Waals surface area contributed by atoms with E-state index in [9.17, 15) is 14.4 Å². The molecule has 0 radical (unpaired) electrons. The quantitative estimate of drug-likeness (QED) is 0.497. The fourth-order valence-electron chi connectivity index (χ4n) is 2.07. The molecular formula is C16H16N2O6S2. The molecule has 0 aromatic heterocycles. The van der Waals surface area contributed by atoms with Gasteiger partial charge in [0.1, 0.15) is 10.9 Å². The Morgan fingerprint density at radius 3 is 2.69 bits per heavy atom. The summed E-state index contributed by atoms with van der Waals surface area (Å²) in [5.74, 6) is -1.48. The zero-order chi connectivity index (χ0) is 19.3. The molecule has 1 fully saturated rings. The summed E-state index contributed by atoms with van der Waals surface area (Å²) in [4.78, 5) is 35.3. The lowest BCUT2D eigenvalue weighted by molar-refractivity contribution is -0.140. The van der Waals surface area contributed by atoms with E-state index < -0.39 is 24.3 Å². The molecule has 1 aromatic carbocycles. The number of carboxylic acid groups (broad SMARTS) is 1. The van der Waals surface area contributed by atoms with Crippen molar-refractivity contribution in [2.45, 2.75) is 6.92 Å². The molecular weight excluding hydrogens is 380 g/mol. The van der Waals surface area contributed by atoms with Gasteiger partial charge in [-0.05, 0) is 30.7 Å². The van der Waals surface area contributed by atoms with E-state index >= 15 is 0 Å². The molecule has 3 N–H and O–H groups in total. The van der Waals surface area contributed by atoms with Crippen molar-refractivity contribution >= 4 is 52.2 Å². The van der Waals surface area contributed by atoms with Gasteiger partial charge in [-0.15, -0.1) is 0 Å². The molecule has 2 rings (SSSR count). The highest BCUT2D eigenvalue weighted by Gasteiger charge is 2.33. The van der Waals surface area contributed by atoms with Gasteiger partial charge in [0.25, 0.3) is 11.8 Å². The maximum absolute atomic E-state index is 12.3. The fraction of sp³-hybridized carbons (Fsp3) is 0.250. The molecule has 26 heavy (non-hydrogen) atoms. The average molecular weight is 396 g/mol. The van der Waals surface area contributed by atoms with Crippen LogP contribution in [0, 0.1) is 0 Å². The lowest BCUT2D eigenvalue weighted by atomic mass is 10.2. The van der Waals surface area contributed by atoms with Gasteiger partial charge in [-0.1, -0.05) is 30.0 Å². The number of rotatable bonds is 8. The molecule has 0 aliphatic carbocycles. The highest BCUT2D eigenvalue weighted by Crippen LogP contribution is 2.34. The van der Waals surface area contributed by atoms with Gasteiger partial charge in [0, 0.05) is 0 Å². The number of hydrogen-bond donors (Lipinski definition) is 2. The van der Waals surface area contributed by atoms with Gasteiger partial charge >= 0.3 is 5.97 Å². The van der Waals surface area contributed by atoms with E-state index in [1.54, 1.807) is 31.2 Å². The predicted molar refractivity (Wildman–Crippen MR) is 99.8 cm³/mol. The van der Waals surface area contributed by atoms with E-state index in [0.29, 0.717) is 28.6 Å². The number of thiocarbonyl (C=S) groups is 1. The molecule has 1 aliphatic rings. The minimum absolute atomic E-state index is 0.190. The summed E-state index contributed by atoms with van der Waals surface area (Å²) in [5, 5.41) is 8.86. The summed E-state index contributed by atoms with van der Waals surface area (Å²) < 4.78 is 11.0. The lowest BCUT2D eigenvalue weighted by Gasteiger charge is -2.12. The normalized spacial score (nSPS) is 15.4. The largest absolute Gasteiger partial charge is 0.490 e. The van der Waals surface area contributed by atoms with Crippen molar-refractivity contribution in [2.24, 2.45) is 5.73 Å². The third-order valence-electron chi connectivity index (χ3n) is 3.10. The Bertz CT molecular complexity index is 793. The van der Waals surface area contributed by atoms with E-state index in [1.165, 1.54) is 0 Å². The lowest BCUT2D eigenvalue weighted by Crippen LogP contribution is -2.33. The second-order valence-electron chi connectivity index (χ2n) is 5.06. The van der Waals surface area contributed by atoms with E-state index in [1.807, 2.05) is 0 Å². The Hall–Kier alpha value is -2.59. The molecule has 1 aromatic rings. The molecule has 0 atom stereocenters. The molecule has 2 amide bonds. The minimum atomic E-state index is -1.14. The Morgan fingerprint density at radius 2 is 2.08 bits per heavy atom. The molecule has 1 saturated heterocycles. The summed E-state index contributed by atoms with van der Waals surface area (Å²) in [7, 11) is 0. The monoisotopic (exact) mass is 396 g/mol. The van der Waals surface area contributed by atoms with Gasteiger partial charge in [0.2, 0.25) is 0 Å². The van der Waals surface area contributed by atoms with E-state index in [4.69, 9.17) is 32.5 Å². The van der Waals surface area contributed by atoms with Crippen LogP contribution in [-0.4, -0.2) is 51.9 Å². The SMILES string of the molecule is CCOc1cc(/C=C2/SC(=S)N(CC(=O)O)C2=O)ccc1OCC(N)=O. The summed E-state index contributed by atoms with van der Waals surface area (Å²) in [5.41, 5.74) is 5.70. The Labute approximate surface area is 158 Å². The Morgan fingerprint density at radius 1 is 1.35 bits per heavy atom. The first-order valence-corrected chi connectivity index (χ1v) is 8.69. The van der Waals surface area contributed by atoms with Crippen LogP contribution in [0.4, 0.5) is 0 Å². The van der Waals surface area contributed by atoms with Gasteiger partial charge in [-0.2, -0.15) is 0 Å². The number of primary amides is 1. The topological polar surface area (TPSA) is 119 Å². The Balaban J connectivity index is 2.25. The molecule has 0 unspecified atom stereocenters. The summed E-state index contributed by atoms with van der Waals surface area (Å²) in [6.07, 6.45) is 1.58. The van der Waals surface area contributed by atoms with Gasteiger partial charge in [-0.25, -0.2) is 0 Å². The number of thioether (sulfide) groups is 1. The van der Waals surface area contributed by atoms with E-state index in [-0.39, 0.29) is 10.9 Å². The highest BCUT2D eigenvalue weighted by atomic mass is 32.2. The first-order valence-electron chi connectivity index (χ1n) is 7.47. The average Bonchev–Trinajstić information content (AvgIpc) is 2.81. The number of nitrogens with two attached hydrogens (primary N) is 1. The van der Waals surface area contributed by atoms with E-state index in [0.717, 1.165) is 16.7 Å². The van der Waals surface area contributed by atoms with Crippen LogP contribution in [0.1, 0.15) is 12.5 Å². The number of amides is 2. The van der Waals surface area contributed by atoms with E-state index in [2.05, 4.69) is 0 Å². The first-order chi connectivity index (χ1) is 12.3. The smallest absolute Gasteiger partial charge is 0.323 e. The maximum atomic E-state index is 12.3.